The van der Waals surface area contributed by atoms with E-state index in [1.807, 2.05) is 13.0 Å². The summed E-state index contributed by atoms with van der Waals surface area (Å²) in [7, 11) is 3.02. The summed E-state index contributed by atoms with van der Waals surface area (Å²) >= 11 is 5.97. The molecule has 0 unspecified atom stereocenters. The molecule has 1 aromatic heterocycles. The molecule has 1 heterocycles. The van der Waals surface area contributed by atoms with Crippen molar-refractivity contribution in [1.29, 1.82) is 0 Å². The molecule has 3 rings (SSSR count). The summed E-state index contributed by atoms with van der Waals surface area (Å²) in [5, 5.41) is 3.65. The van der Waals surface area contributed by atoms with Crippen LogP contribution in [0.2, 0.25) is 5.02 Å². The Kier molecular flexibility index (Phi) is 6.91. The van der Waals surface area contributed by atoms with Crippen LogP contribution in [0.3, 0.4) is 0 Å². The number of nitrogens with zero attached hydrogens (tertiary/aromatic N) is 3. The smallest absolute Gasteiger partial charge is 0.261 e. The number of aryl methyl sites for hydroxylation is 2. The molecule has 0 aliphatic heterocycles. The van der Waals surface area contributed by atoms with Crippen molar-refractivity contribution in [3.05, 3.63) is 63.7 Å². The van der Waals surface area contributed by atoms with Crippen LogP contribution < -0.4 is 15.6 Å². The van der Waals surface area contributed by atoms with Gasteiger partial charge in [-0.1, -0.05) is 23.7 Å². The molecule has 1 N–H and O–H groups in total. The zero-order chi connectivity index (χ0) is 22.5. The largest absolute Gasteiger partial charge is 0.495 e. The van der Waals surface area contributed by atoms with Crippen LogP contribution in [-0.4, -0.2) is 47.0 Å². The number of ether oxygens (including phenoxy) is 1. The summed E-state index contributed by atoms with van der Waals surface area (Å²) in [6.45, 7) is 1.91. The molecule has 0 atom stereocenters. The molecule has 0 bridgehead atoms. The molecular weight excluding hydrogens is 420 g/mol. The Balaban J connectivity index is 1.60. The minimum absolute atomic E-state index is 0.0587. The molecule has 0 saturated carbocycles. The van der Waals surface area contributed by atoms with Gasteiger partial charge >= 0.3 is 0 Å². The number of nitrogens with one attached hydrogen (secondary N) is 1. The summed E-state index contributed by atoms with van der Waals surface area (Å²) in [5.41, 5.74) is 1.79. The lowest BCUT2D eigenvalue weighted by Gasteiger charge is -2.18. The Morgan fingerprint density at radius 1 is 1.26 bits per heavy atom. The summed E-state index contributed by atoms with van der Waals surface area (Å²) < 4.78 is 6.61. The Bertz CT molecular complexity index is 1190. The van der Waals surface area contributed by atoms with Crippen molar-refractivity contribution in [2.45, 2.75) is 19.9 Å². The van der Waals surface area contributed by atoms with E-state index in [9.17, 15) is 14.4 Å². The molecule has 31 heavy (non-hydrogen) atoms. The normalized spacial score (nSPS) is 10.7. The molecule has 162 valence electrons. The summed E-state index contributed by atoms with van der Waals surface area (Å²) in [6.07, 6.45) is 1.51. The third-order valence-corrected chi connectivity index (χ3v) is 5.10. The molecule has 0 fully saturated rings. The van der Waals surface area contributed by atoms with Crippen LogP contribution in [0.4, 0.5) is 5.69 Å². The number of aromatic nitrogens is 2. The van der Waals surface area contributed by atoms with E-state index in [-0.39, 0.29) is 31.0 Å². The minimum atomic E-state index is -0.392. The second-order valence-electron chi connectivity index (χ2n) is 7.11. The highest BCUT2D eigenvalue weighted by atomic mass is 35.5. The van der Waals surface area contributed by atoms with Crippen molar-refractivity contribution in [2.75, 3.05) is 26.0 Å². The quantitative estimate of drug-likeness (QED) is 0.607. The van der Waals surface area contributed by atoms with Crippen molar-refractivity contribution >= 4 is 40.0 Å². The Morgan fingerprint density at radius 2 is 2.03 bits per heavy atom. The highest BCUT2D eigenvalue weighted by Crippen LogP contribution is 2.27. The predicted molar refractivity (Wildman–Crippen MR) is 120 cm³/mol. The van der Waals surface area contributed by atoms with E-state index < -0.39 is 5.91 Å². The lowest BCUT2D eigenvalue weighted by Crippen LogP contribution is -2.36. The van der Waals surface area contributed by atoms with Crippen LogP contribution in [0.1, 0.15) is 12.0 Å². The maximum atomic E-state index is 12.6. The molecule has 3 aromatic rings. The molecule has 9 heteroatoms. The van der Waals surface area contributed by atoms with E-state index in [0.29, 0.717) is 27.4 Å². The van der Waals surface area contributed by atoms with E-state index in [0.717, 1.165) is 5.56 Å². The summed E-state index contributed by atoms with van der Waals surface area (Å²) in [4.78, 5) is 43.1. The number of amides is 2. The predicted octanol–water partition coefficient (Wildman–Crippen LogP) is 2.85. The van der Waals surface area contributed by atoms with Gasteiger partial charge in [0.05, 0.1) is 36.6 Å². The molecule has 0 radical (unpaired) electrons. The molecule has 2 aromatic carbocycles. The summed E-state index contributed by atoms with van der Waals surface area (Å²) in [6, 6.07) is 10.3. The zero-order valence-corrected chi connectivity index (χ0v) is 18.3. The van der Waals surface area contributed by atoms with Gasteiger partial charge in [0.25, 0.3) is 5.56 Å². The van der Waals surface area contributed by atoms with Crippen molar-refractivity contribution in [3.63, 3.8) is 0 Å². The number of hydrogen-bond donors (Lipinski definition) is 1. The second-order valence-corrected chi connectivity index (χ2v) is 7.54. The number of carbonyl (C=O) groups is 2. The van der Waals surface area contributed by atoms with Gasteiger partial charge in [-0.2, -0.15) is 0 Å². The summed E-state index contributed by atoms with van der Waals surface area (Å²) in [5.74, 6) is -0.203. The van der Waals surface area contributed by atoms with Crippen molar-refractivity contribution < 1.29 is 14.3 Å². The molecule has 8 nitrogen and oxygen atoms in total. The molecule has 0 aliphatic carbocycles. The van der Waals surface area contributed by atoms with Crippen LogP contribution in [0.25, 0.3) is 10.9 Å². The molecular formula is C22H23ClN4O4. The number of halogens is 1. The van der Waals surface area contributed by atoms with E-state index >= 15 is 0 Å². The maximum Gasteiger partial charge on any atom is 0.261 e. The number of methoxy groups -OCH3 is 1. The first kappa shape index (κ1) is 22.3. The number of hydrogen-bond acceptors (Lipinski definition) is 5. The monoisotopic (exact) mass is 442 g/mol. The van der Waals surface area contributed by atoms with Gasteiger partial charge in [-0.15, -0.1) is 0 Å². The first-order chi connectivity index (χ1) is 14.8. The highest BCUT2D eigenvalue weighted by Gasteiger charge is 2.15. The van der Waals surface area contributed by atoms with E-state index in [1.54, 1.807) is 30.3 Å². The standard InChI is InChI=1S/C22H23ClN4O4/c1-14-5-4-6-16-21(14)24-13-27(22(16)30)10-9-20(29)26(2)12-19(28)25-17-11-15(23)7-8-18(17)31-3/h4-8,11,13H,9-10,12H2,1-3H3,(H,25,28). The van der Waals surface area contributed by atoms with Gasteiger partial charge in [-0.25, -0.2) is 4.98 Å². The zero-order valence-electron chi connectivity index (χ0n) is 17.5. The Labute approximate surface area is 184 Å². The molecule has 2 amide bonds. The van der Waals surface area contributed by atoms with Crippen molar-refractivity contribution in [1.82, 2.24) is 14.5 Å². The molecule has 0 spiro atoms. The van der Waals surface area contributed by atoms with Gasteiger partial charge < -0.3 is 15.0 Å². The van der Waals surface area contributed by atoms with Gasteiger partial charge in [0.15, 0.2) is 0 Å². The Hall–Kier alpha value is -3.39. The SMILES string of the molecule is COc1ccc(Cl)cc1NC(=O)CN(C)C(=O)CCn1cnc2c(C)cccc2c1=O. The third-order valence-electron chi connectivity index (χ3n) is 4.86. The van der Waals surface area contributed by atoms with Crippen LogP contribution in [-0.2, 0) is 16.1 Å². The van der Waals surface area contributed by atoms with Crippen LogP contribution in [0.15, 0.2) is 47.5 Å². The average Bonchev–Trinajstić information content (AvgIpc) is 2.73. The number of fused-ring (bicyclic) bond motifs is 1. The fourth-order valence-electron chi connectivity index (χ4n) is 3.17. The average molecular weight is 443 g/mol. The third kappa shape index (κ3) is 5.21. The van der Waals surface area contributed by atoms with Gasteiger partial charge in [0.1, 0.15) is 5.75 Å². The second kappa shape index (κ2) is 9.61. The first-order valence-corrected chi connectivity index (χ1v) is 10.00. The van der Waals surface area contributed by atoms with Crippen LogP contribution in [0, 0.1) is 6.92 Å². The van der Waals surface area contributed by atoms with E-state index in [1.165, 1.54) is 30.0 Å². The fraction of sp³-hybridized carbons (Fsp3) is 0.273. The van der Waals surface area contributed by atoms with E-state index in [2.05, 4.69) is 10.3 Å². The number of para-hydroxylation sites is 1. The lowest BCUT2D eigenvalue weighted by molar-refractivity contribution is -0.133. The number of likely N-dealkylation sites (N-methyl/N-ethyl adjacent to an activating group) is 1. The topological polar surface area (TPSA) is 93.5 Å². The van der Waals surface area contributed by atoms with Gasteiger partial charge in [0, 0.05) is 25.0 Å². The number of carbonyl (C=O) groups excluding carboxylic acids is 2. The number of rotatable bonds is 7. The van der Waals surface area contributed by atoms with Crippen molar-refractivity contribution in [2.24, 2.45) is 0 Å². The van der Waals surface area contributed by atoms with E-state index in [4.69, 9.17) is 16.3 Å². The van der Waals surface area contributed by atoms with Gasteiger partial charge in [-0.3, -0.25) is 19.0 Å². The number of anilines is 1. The molecule has 0 saturated heterocycles. The van der Waals surface area contributed by atoms with Gasteiger partial charge in [-0.05, 0) is 36.8 Å². The van der Waals surface area contributed by atoms with Crippen LogP contribution in [0.5, 0.6) is 5.75 Å². The van der Waals surface area contributed by atoms with Crippen LogP contribution >= 0.6 is 11.6 Å². The fourth-order valence-corrected chi connectivity index (χ4v) is 3.35. The first-order valence-electron chi connectivity index (χ1n) is 9.62. The molecule has 0 aliphatic rings. The Morgan fingerprint density at radius 3 is 2.77 bits per heavy atom. The van der Waals surface area contributed by atoms with Crippen molar-refractivity contribution in [3.8, 4) is 5.75 Å². The number of benzene rings is 2. The van der Waals surface area contributed by atoms with Gasteiger partial charge in [0.2, 0.25) is 11.8 Å². The maximum absolute atomic E-state index is 12.6. The lowest BCUT2D eigenvalue weighted by atomic mass is 10.1. The highest BCUT2D eigenvalue weighted by molar-refractivity contribution is 6.31. The minimum Gasteiger partial charge on any atom is -0.495 e.